The molecule has 0 aromatic carbocycles. The maximum Gasteiger partial charge on any atom is 0.224 e. The molecule has 1 saturated carbocycles. The first-order chi connectivity index (χ1) is 8.14. The van der Waals surface area contributed by atoms with Crippen LogP contribution in [-0.4, -0.2) is 29.6 Å². The molecule has 0 atom stereocenters. The lowest BCUT2D eigenvalue weighted by molar-refractivity contribution is -0.129. The van der Waals surface area contributed by atoms with Gasteiger partial charge in [0, 0.05) is 19.1 Å². The van der Waals surface area contributed by atoms with Gasteiger partial charge in [0.15, 0.2) is 0 Å². The number of rotatable bonds is 3. The van der Waals surface area contributed by atoms with Crippen LogP contribution in [-0.2, 0) is 9.53 Å². The Balaban J connectivity index is 1.98. The smallest absolute Gasteiger partial charge is 0.224 e. The van der Waals surface area contributed by atoms with Crippen molar-refractivity contribution in [3.63, 3.8) is 0 Å². The lowest BCUT2D eigenvalue weighted by atomic mass is 9.93. The highest BCUT2D eigenvalue weighted by Gasteiger charge is 2.39. The average molecular weight is 256 g/mol. The van der Waals surface area contributed by atoms with Gasteiger partial charge in [-0.1, -0.05) is 25.1 Å². The van der Waals surface area contributed by atoms with Crippen molar-refractivity contribution in [1.29, 1.82) is 0 Å². The third-order valence-corrected chi connectivity index (χ3v) is 4.27. The van der Waals surface area contributed by atoms with E-state index in [-0.39, 0.29) is 11.8 Å². The zero-order chi connectivity index (χ0) is 12.3. The van der Waals surface area contributed by atoms with Crippen LogP contribution in [0.3, 0.4) is 0 Å². The second kappa shape index (κ2) is 5.31. The van der Waals surface area contributed by atoms with Gasteiger partial charge in [0.25, 0.3) is 0 Å². The first kappa shape index (κ1) is 12.8. The molecule has 1 saturated heterocycles. The molecule has 1 heterocycles. The van der Waals surface area contributed by atoms with E-state index in [4.69, 9.17) is 22.7 Å². The summed E-state index contributed by atoms with van der Waals surface area (Å²) < 4.78 is 5.26. The third-order valence-electron chi connectivity index (χ3n) is 3.88. The van der Waals surface area contributed by atoms with E-state index in [0.717, 1.165) is 38.5 Å². The van der Waals surface area contributed by atoms with Crippen LogP contribution in [0.1, 0.15) is 38.5 Å². The zero-order valence-corrected chi connectivity index (χ0v) is 10.9. The largest absolute Gasteiger partial charge is 0.391 e. The number of ether oxygens (including phenoxy) is 1. The summed E-state index contributed by atoms with van der Waals surface area (Å²) in [6.07, 6.45) is 5.56. The van der Waals surface area contributed by atoms with Crippen LogP contribution < -0.4 is 11.1 Å². The van der Waals surface area contributed by atoms with Gasteiger partial charge in [-0.2, -0.15) is 0 Å². The number of amides is 1. The Morgan fingerprint density at radius 3 is 2.41 bits per heavy atom. The minimum absolute atomic E-state index is 0.0653. The highest BCUT2D eigenvalue weighted by atomic mass is 32.1. The Hall–Kier alpha value is -0.680. The van der Waals surface area contributed by atoms with Crippen LogP contribution in [0, 0.1) is 5.92 Å². The van der Waals surface area contributed by atoms with Crippen molar-refractivity contribution in [3.8, 4) is 0 Å². The fourth-order valence-corrected chi connectivity index (χ4v) is 2.96. The fourth-order valence-electron chi connectivity index (χ4n) is 2.71. The molecule has 0 radical (unpaired) electrons. The van der Waals surface area contributed by atoms with Crippen molar-refractivity contribution in [1.82, 2.24) is 5.32 Å². The first-order valence-corrected chi connectivity index (χ1v) is 6.74. The standard InChI is InChI=1S/C12H20N2O2S/c13-11(17)12(5-1-2-6-12)14-10(15)9-3-7-16-8-4-9/h9H,1-8H2,(H2,13,17)(H,14,15). The quantitative estimate of drug-likeness (QED) is 0.743. The third kappa shape index (κ3) is 2.77. The summed E-state index contributed by atoms with van der Waals surface area (Å²) in [5.74, 6) is 0.165. The molecule has 96 valence electrons. The summed E-state index contributed by atoms with van der Waals surface area (Å²) in [4.78, 5) is 12.6. The molecule has 1 aliphatic carbocycles. The molecule has 0 aromatic heterocycles. The Kier molecular flexibility index (Phi) is 3.99. The fraction of sp³-hybridized carbons (Fsp3) is 0.833. The van der Waals surface area contributed by atoms with Crippen LogP contribution in [0.2, 0.25) is 0 Å². The lowest BCUT2D eigenvalue weighted by Crippen LogP contribution is -2.56. The van der Waals surface area contributed by atoms with Gasteiger partial charge >= 0.3 is 0 Å². The van der Waals surface area contributed by atoms with Crippen LogP contribution >= 0.6 is 12.2 Å². The van der Waals surface area contributed by atoms with Crippen molar-refractivity contribution < 1.29 is 9.53 Å². The van der Waals surface area contributed by atoms with Gasteiger partial charge in [0.2, 0.25) is 5.91 Å². The predicted octanol–water partition coefficient (Wildman–Crippen LogP) is 1.13. The summed E-state index contributed by atoms with van der Waals surface area (Å²) in [6.45, 7) is 1.36. The molecule has 0 aromatic rings. The molecule has 3 N–H and O–H groups in total. The molecule has 2 rings (SSSR count). The molecule has 0 spiro atoms. The molecule has 4 nitrogen and oxygen atoms in total. The number of carbonyl (C=O) groups is 1. The Labute approximate surface area is 107 Å². The summed E-state index contributed by atoms with van der Waals surface area (Å²) in [5, 5.41) is 3.10. The monoisotopic (exact) mass is 256 g/mol. The molecular formula is C12H20N2O2S. The molecule has 5 heteroatoms. The van der Waals surface area contributed by atoms with E-state index < -0.39 is 5.54 Å². The topological polar surface area (TPSA) is 64.3 Å². The highest BCUT2D eigenvalue weighted by molar-refractivity contribution is 7.80. The number of hydrogen-bond donors (Lipinski definition) is 2. The van der Waals surface area contributed by atoms with Gasteiger partial charge in [-0.25, -0.2) is 0 Å². The van der Waals surface area contributed by atoms with E-state index in [0.29, 0.717) is 18.2 Å². The molecule has 1 amide bonds. The molecular weight excluding hydrogens is 236 g/mol. The second-order valence-corrected chi connectivity index (χ2v) is 5.47. The van der Waals surface area contributed by atoms with Crippen LogP contribution in [0.4, 0.5) is 0 Å². The van der Waals surface area contributed by atoms with Gasteiger partial charge in [-0.3, -0.25) is 4.79 Å². The van der Waals surface area contributed by atoms with E-state index in [1.807, 2.05) is 0 Å². The molecule has 0 unspecified atom stereocenters. The van der Waals surface area contributed by atoms with E-state index in [9.17, 15) is 4.79 Å². The molecule has 2 fully saturated rings. The summed E-state index contributed by atoms with van der Waals surface area (Å²) in [7, 11) is 0. The first-order valence-electron chi connectivity index (χ1n) is 6.34. The normalized spacial score (nSPS) is 24.5. The van der Waals surface area contributed by atoms with Gasteiger partial charge in [0.05, 0.1) is 10.5 Å². The minimum Gasteiger partial charge on any atom is -0.391 e. The number of nitrogens with one attached hydrogen (secondary N) is 1. The SMILES string of the molecule is NC(=S)C1(NC(=O)C2CCOCC2)CCCC1. The van der Waals surface area contributed by atoms with Gasteiger partial charge in [-0.05, 0) is 25.7 Å². The summed E-state index contributed by atoms with van der Waals surface area (Å²) in [5.41, 5.74) is 5.39. The van der Waals surface area contributed by atoms with Crippen molar-refractivity contribution >= 4 is 23.1 Å². The van der Waals surface area contributed by atoms with E-state index in [1.54, 1.807) is 0 Å². The van der Waals surface area contributed by atoms with Crippen molar-refractivity contribution in [2.45, 2.75) is 44.1 Å². The van der Waals surface area contributed by atoms with Gasteiger partial charge < -0.3 is 15.8 Å². The van der Waals surface area contributed by atoms with Crippen LogP contribution in [0.5, 0.6) is 0 Å². The molecule has 17 heavy (non-hydrogen) atoms. The predicted molar refractivity (Wildman–Crippen MR) is 69.7 cm³/mol. The van der Waals surface area contributed by atoms with E-state index in [2.05, 4.69) is 5.32 Å². The van der Waals surface area contributed by atoms with Crippen LogP contribution in [0.25, 0.3) is 0 Å². The van der Waals surface area contributed by atoms with Gasteiger partial charge in [0.1, 0.15) is 0 Å². The van der Waals surface area contributed by atoms with Crippen molar-refractivity contribution in [2.75, 3.05) is 13.2 Å². The van der Waals surface area contributed by atoms with Gasteiger partial charge in [-0.15, -0.1) is 0 Å². The lowest BCUT2D eigenvalue weighted by Gasteiger charge is -2.32. The van der Waals surface area contributed by atoms with Crippen molar-refractivity contribution in [2.24, 2.45) is 11.7 Å². The summed E-state index contributed by atoms with van der Waals surface area (Å²) in [6, 6.07) is 0. The van der Waals surface area contributed by atoms with E-state index in [1.165, 1.54) is 0 Å². The molecule has 1 aliphatic heterocycles. The maximum absolute atomic E-state index is 12.2. The van der Waals surface area contributed by atoms with Crippen LogP contribution in [0.15, 0.2) is 0 Å². The van der Waals surface area contributed by atoms with E-state index >= 15 is 0 Å². The number of carbonyl (C=O) groups excluding carboxylic acids is 1. The Morgan fingerprint density at radius 2 is 1.88 bits per heavy atom. The summed E-state index contributed by atoms with van der Waals surface area (Å²) >= 11 is 5.13. The Bertz CT molecular complexity index is 308. The second-order valence-electron chi connectivity index (χ2n) is 5.03. The minimum atomic E-state index is -0.412. The number of thiocarbonyl (C=S) groups is 1. The average Bonchev–Trinajstić information content (AvgIpc) is 2.80. The molecule has 0 bridgehead atoms. The van der Waals surface area contributed by atoms with Crippen molar-refractivity contribution in [3.05, 3.63) is 0 Å². The maximum atomic E-state index is 12.2. The molecule has 2 aliphatic rings. The Morgan fingerprint density at radius 1 is 1.29 bits per heavy atom. The highest BCUT2D eigenvalue weighted by Crippen LogP contribution is 2.31. The zero-order valence-electron chi connectivity index (χ0n) is 10.0. The number of nitrogens with two attached hydrogens (primary N) is 1. The number of hydrogen-bond acceptors (Lipinski definition) is 3.